The zero-order valence-electron chi connectivity index (χ0n) is 63.4. The quantitative estimate of drug-likeness (QED) is 0.00980. The molecule has 4 aromatic carbocycles. The van der Waals surface area contributed by atoms with E-state index in [1.165, 1.54) is 39.7 Å². The topological polar surface area (TPSA) is 273 Å². The molecule has 2 saturated heterocycles. The Morgan fingerprint density at radius 3 is 1.27 bits per heavy atom. The fraction of sp³-hybridized carbons (Fsp3) is 0.549. The molecule has 4 aromatic rings. The van der Waals surface area contributed by atoms with Crippen LogP contribution in [-0.4, -0.2) is 179 Å². The number of alkyl halides is 12. The molecule has 2 aliphatic heterocycles. The summed E-state index contributed by atoms with van der Waals surface area (Å²) in [5.74, 6) is -15.8. The van der Waals surface area contributed by atoms with E-state index in [0.29, 0.717) is 50.0 Å². The molecule has 6 rings (SSSR count). The second-order valence-electron chi connectivity index (χ2n) is 27.6. The maximum atomic E-state index is 15.3. The fourth-order valence-corrected chi connectivity index (χ4v) is 11.4. The van der Waals surface area contributed by atoms with Crippen molar-refractivity contribution in [2.24, 2.45) is 0 Å². The molecule has 0 amide bonds. The van der Waals surface area contributed by atoms with E-state index in [2.05, 4.69) is 26.6 Å². The first-order valence-electron chi connectivity index (χ1n) is 35.3. The minimum Gasteiger partial charge on any atom is -0.477 e. The molecule has 0 aliphatic carbocycles. The van der Waals surface area contributed by atoms with Gasteiger partial charge in [0.25, 0.3) is 0 Å². The SMILES string of the molecule is CC[C@@H](Nc1cc(F)c(C(=O)O)c(F)c1)C(F)(F)F.CC[C@@H](Nc1cc(F)c(C(=O)O)c(F)c1Br)C(F)(F)F.CC[C@@H](Nc1cc(F)c(C(=O)OC[Si](C)(C)C)c(F)c1/C=C/COC1CCCCO1)C(F)(F)F.CC[C@@H](Nc1cc(F)c(C(=O)OC[Si](C)(C)C)c(F)c1CCCO)C(F)(F)F.OB(O)/C=C/COC1CCCCO1. The molecule has 2 fully saturated rings. The average Bonchev–Trinajstić information content (AvgIpc) is 0.797. The highest BCUT2D eigenvalue weighted by Gasteiger charge is 2.43. The number of hydrogen-bond donors (Lipinski definition) is 9. The van der Waals surface area contributed by atoms with Gasteiger partial charge < -0.3 is 75.1 Å². The summed E-state index contributed by atoms with van der Waals surface area (Å²) in [5, 5.41) is 51.2. The Morgan fingerprint density at radius 1 is 0.526 bits per heavy atom. The maximum Gasteiger partial charge on any atom is 0.480 e. The molecule has 644 valence electrons. The van der Waals surface area contributed by atoms with Crippen molar-refractivity contribution < 1.29 is 161 Å². The number of halogens is 21. The summed E-state index contributed by atoms with van der Waals surface area (Å²) in [7, 11) is -5.10. The van der Waals surface area contributed by atoms with E-state index in [4.69, 9.17) is 53.8 Å². The predicted octanol–water partition coefficient (Wildman–Crippen LogP) is 18.7. The number of aromatic carboxylic acids is 2. The lowest BCUT2D eigenvalue weighted by Crippen LogP contribution is -2.36. The Labute approximate surface area is 655 Å². The first kappa shape index (κ1) is 103. The van der Waals surface area contributed by atoms with Crippen molar-refractivity contribution in [2.75, 3.05) is 66.8 Å². The standard InChI is InChI=1S/C23H32F5NO4Si.C18H26F5NO3Si.C11H9BrF5NO2.C11H10F5NO2.C8H15BO4/c1-5-18(23(26,27)28)29-17-13-16(24)20(22(30)33-14-34(2,3)4)21(25)15(17)9-8-12-32-19-10-6-7-11-31-19;1-5-14(18(21,22)23)24-13-9-12(19)15(16(20)11(13)7-6-8-25)17(26)27-10-28(2,3)4;1-2-6(11(15,16)17)18-5-3-4(13)7(10(19)20)9(14)8(5)12;1-2-8(11(14,15)16)17-5-3-6(12)9(10(18)19)7(13)4-5;10-9(11)5-3-7-13-8-4-1-2-6-12-8/h8-9,13,18-19,29H,5-7,10-12,14H2,1-4H3;9,14,24-25H,5-8,10H2,1-4H3;3,6,18H,2H2,1H3,(H,19,20);3-4,8,17H,2H2,1H3,(H,18,19);3,5,8,10-11H,1-2,4,6-7H2/b9-8+;;;;5-3+/t18-,19?;14-;6-;8-;/m1111./s1. The third kappa shape index (κ3) is 35.3. The number of ether oxygens (including phenoxy) is 6. The van der Waals surface area contributed by atoms with E-state index < -0.39 is 204 Å². The number of esters is 2. The van der Waals surface area contributed by atoms with Gasteiger partial charge in [-0.25, -0.2) is 54.3 Å². The van der Waals surface area contributed by atoms with Crippen LogP contribution in [0, 0.1) is 46.5 Å². The van der Waals surface area contributed by atoms with Crippen molar-refractivity contribution in [2.45, 2.75) is 205 Å². The second-order valence-corrected chi connectivity index (χ2v) is 39.2. The van der Waals surface area contributed by atoms with E-state index in [9.17, 15) is 103 Å². The van der Waals surface area contributed by atoms with Crippen molar-refractivity contribution >= 4 is 91.9 Å². The second kappa shape index (κ2) is 47.2. The summed E-state index contributed by atoms with van der Waals surface area (Å²) in [6, 6.07) is -5.12. The number of aliphatic hydroxyl groups is 1. The van der Waals surface area contributed by atoms with Crippen LogP contribution in [0.1, 0.15) is 151 Å². The molecule has 0 spiro atoms. The molecule has 9 N–H and O–H groups in total. The molecule has 19 nitrogen and oxygen atoms in total. The van der Waals surface area contributed by atoms with Crippen LogP contribution >= 0.6 is 15.9 Å². The lowest BCUT2D eigenvalue weighted by atomic mass is 9.92. The molecule has 0 aromatic heterocycles. The molecule has 2 heterocycles. The summed E-state index contributed by atoms with van der Waals surface area (Å²) in [5.41, 5.74) is -6.79. The monoisotopic (exact) mass is 1770 g/mol. The van der Waals surface area contributed by atoms with Gasteiger partial charge in [-0.1, -0.05) is 91.2 Å². The van der Waals surface area contributed by atoms with Gasteiger partial charge in [0.15, 0.2) is 18.4 Å². The van der Waals surface area contributed by atoms with E-state index in [0.717, 1.165) is 44.8 Å². The number of benzene rings is 4. The Hall–Kier alpha value is -7.26. The lowest BCUT2D eigenvalue weighted by molar-refractivity contribution is -0.155. The highest BCUT2D eigenvalue weighted by Crippen LogP contribution is 2.38. The van der Waals surface area contributed by atoms with Gasteiger partial charge in [0.2, 0.25) is 0 Å². The molecular formula is C71H92BBrF20N4O15Si2. The van der Waals surface area contributed by atoms with E-state index in [1.807, 2.05) is 49.9 Å². The summed E-state index contributed by atoms with van der Waals surface area (Å²) in [6.07, 6.45) is -10.6. The van der Waals surface area contributed by atoms with Gasteiger partial charge >= 0.3 is 55.7 Å². The number of carboxylic acids is 2. The molecule has 2 aliphatic rings. The van der Waals surface area contributed by atoms with Gasteiger partial charge in [0.1, 0.15) is 87.1 Å². The minimum absolute atomic E-state index is 0.00714. The normalized spacial score (nSPS) is 15.9. The van der Waals surface area contributed by atoms with Crippen LogP contribution in [0.4, 0.5) is 111 Å². The number of carboxylic acid groups (broad SMARTS) is 2. The number of aliphatic hydroxyl groups excluding tert-OH is 1. The largest absolute Gasteiger partial charge is 0.480 e. The summed E-state index contributed by atoms with van der Waals surface area (Å²) in [4.78, 5) is 45.8. The summed E-state index contributed by atoms with van der Waals surface area (Å²) >= 11 is 2.62. The van der Waals surface area contributed by atoms with Crippen molar-refractivity contribution in [3.05, 3.63) is 133 Å². The molecule has 114 heavy (non-hydrogen) atoms. The third-order valence-corrected chi connectivity index (χ3v) is 18.4. The number of rotatable bonds is 31. The van der Waals surface area contributed by atoms with Crippen molar-refractivity contribution in [1.82, 2.24) is 0 Å². The van der Waals surface area contributed by atoms with Crippen LogP contribution in [-0.2, 0) is 34.8 Å². The van der Waals surface area contributed by atoms with Crippen LogP contribution in [0.5, 0.6) is 0 Å². The van der Waals surface area contributed by atoms with Gasteiger partial charge in [-0.15, -0.1) is 0 Å². The average molecular weight is 1770 g/mol. The number of hydrogen-bond acceptors (Lipinski definition) is 17. The minimum atomic E-state index is -4.64. The van der Waals surface area contributed by atoms with E-state index in [1.54, 1.807) is 6.08 Å². The lowest BCUT2D eigenvalue weighted by Gasteiger charge is -2.24. The first-order valence-corrected chi connectivity index (χ1v) is 43.5. The van der Waals surface area contributed by atoms with Crippen LogP contribution in [0.2, 0.25) is 39.3 Å². The van der Waals surface area contributed by atoms with E-state index >= 15 is 4.39 Å². The van der Waals surface area contributed by atoms with Crippen molar-refractivity contribution in [3.63, 3.8) is 0 Å². The number of nitrogens with one attached hydrogen (secondary N) is 4. The van der Waals surface area contributed by atoms with E-state index in [-0.39, 0.29) is 76.1 Å². The van der Waals surface area contributed by atoms with Crippen LogP contribution < -0.4 is 21.3 Å². The fourth-order valence-electron chi connectivity index (χ4n) is 9.83. The van der Waals surface area contributed by atoms with Gasteiger partial charge in [-0.05, 0) is 123 Å². The Morgan fingerprint density at radius 2 is 0.895 bits per heavy atom. The van der Waals surface area contributed by atoms with Crippen LogP contribution in [0.3, 0.4) is 0 Å². The van der Waals surface area contributed by atoms with Crippen molar-refractivity contribution in [1.29, 1.82) is 0 Å². The molecule has 43 heteroatoms. The van der Waals surface area contributed by atoms with Gasteiger partial charge in [0, 0.05) is 48.0 Å². The number of anilines is 4. The Balaban J connectivity index is 0.000000500. The van der Waals surface area contributed by atoms with Gasteiger partial charge in [0.05, 0.1) is 52.0 Å². The highest BCUT2D eigenvalue weighted by atomic mass is 79.9. The summed E-state index contributed by atoms with van der Waals surface area (Å²) in [6.45, 7) is 17.8. The molecule has 2 unspecified atom stereocenters. The third-order valence-electron chi connectivity index (χ3n) is 15.6. The zero-order chi connectivity index (χ0) is 87.2. The van der Waals surface area contributed by atoms with Crippen LogP contribution in [0.25, 0.3) is 6.08 Å². The molecule has 6 atom stereocenters. The summed E-state index contributed by atoms with van der Waals surface area (Å²) < 4.78 is 298. The Bertz CT molecular complexity index is 3780. The zero-order valence-corrected chi connectivity index (χ0v) is 67.0. The predicted molar refractivity (Wildman–Crippen MR) is 392 cm³/mol. The number of carbonyl (C=O) groups is 4. The maximum absolute atomic E-state index is 15.3. The molecule has 0 radical (unpaired) electrons. The number of carbonyl (C=O) groups excluding carboxylic acids is 2. The van der Waals surface area contributed by atoms with Gasteiger partial charge in [-0.2, -0.15) is 52.7 Å². The van der Waals surface area contributed by atoms with Gasteiger partial charge in [-0.3, -0.25) is 0 Å². The highest BCUT2D eigenvalue weighted by molar-refractivity contribution is 9.10. The molecule has 0 bridgehead atoms. The smallest absolute Gasteiger partial charge is 0.477 e. The molecule has 0 saturated carbocycles. The first-order chi connectivity index (χ1) is 52.7. The Kier molecular flexibility index (Phi) is 42.6. The molecular weight excluding hydrogens is 1680 g/mol. The van der Waals surface area contributed by atoms with Crippen LogP contribution in [0.15, 0.2) is 52.9 Å². The van der Waals surface area contributed by atoms with Crippen molar-refractivity contribution in [3.8, 4) is 0 Å².